The van der Waals surface area contributed by atoms with Crippen LogP contribution in [0, 0.1) is 0 Å². The van der Waals surface area contributed by atoms with Crippen LogP contribution < -0.4 is 0 Å². The lowest BCUT2D eigenvalue weighted by molar-refractivity contribution is -0.131. The van der Waals surface area contributed by atoms with Gasteiger partial charge in [-0.2, -0.15) is 0 Å². The molecule has 0 aromatic heterocycles. The molecule has 0 unspecified atom stereocenters. The SMILES string of the molecule is CN(CCCl)C(=O)C(C)(C)S(C)(=O)=O. The van der Waals surface area contributed by atoms with Gasteiger partial charge in [-0.15, -0.1) is 11.6 Å². The van der Waals surface area contributed by atoms with Crippen LogP contribution in [0.3, 0.4) is 0 Å². The molecule has 0 bridgehead atoms. The summed E-state index contributed by atoms with van der Waals surface area (Å²) in [6.45, 7) is 3.14. The van der Waals surface area contributed by atoms with Crippen molar-refractivity contribution in [1.82, 2.24) is 4.90 Å². The minimum absolute atomic E-state index is 0.294. The number of halogens is 1. The van der Waals surface area contributed by atoms with Crippen molar-refractivity contribution in [2.24, 2.45) is 0 Å². The van der Waals surface area contributed by atoms with Crippen molar-refractivity contribution in [3.8, 4) is 0 Å². The highest BCUT2D eigenvalue weighted by molar-refractivity contribution is 7.92. The summed E-state index contributed by atoms with van der Waals surface area (Å²) in [5, 5.41) is 0. The fourth-order valence-electron chi connectivity index (χ4n) is 0.847. The first-order valence-corrected chi connectivity index (χ1v) is 6.58. The molecule has 0 rings (SSSR count). The smallest absolute Gasteiger partial charge is 0.243 e. The van der Waals surface area contributed by atoms with Crippen molar-refractivity contribution in [1.29, 1.82) is 0 Å². The molecular weight excluding hydrogens is 226 g/mol. The Kier molecular flexibility index (Phi) is 4.39. The van der Waals surface area contributed by atoms with Crippen LogP contribution in [0.25, 0.3) is 0 Å². The topological polar surface area (TPSA) is 54.5 Å². The van der Waals surface area contributed by atoms with E-state index in [1.54, 1.807) is 0 Å². The fourth-order valence-corrected chi connectivity index (χ4v) is 1.57. The van der Waals surface area contributed by atoms with Crippen molar-refractivity contribution in [2.45, 2.75) is 18.6 Å². The quantitative estimate of drug-likeness (QED) is 0.674. The Balaban J connectivity index is 4.86. The van der Waals surface area contributed by atoms with Gasteiger partial charge < -0.3 is 4.90 Å². The number of alkyl halides is 1. The number of sulfone groups is 1. The van der Waals surface area contributed by atoms with Gasteiger partial charge in [0.1, 0.15) is 4.75 Å². The number of amides is 1. The molecule has 0 aromatic carbocycles. The molecular formula is C8H16ClNO3S. The maximum absolute atomic E-state index is 11.7. The van der Waals surface area contributed by atoms with Gasteiger partial charge in [-0.3, -0.25) is 4.79 Å². The predicted octanol–water partition coefficient (Wildman–Crippen LogP) is 0.507. The first-order chi connectivity index (χ1) is 6.14. The Morgan fingerprint density at radius 1 is 1.43 bits per heavy atom. The van der Waals surface area contributed by atoms with E-state index in [0.29, 0.717) is 12.4 Å². The van der Waals surface area contributed by atoms with E-state index >= 15 is 0 Å². The zero-order valence-corrected chi connectivity index (χ0v) is 10.4. The number of carbonyl (C=O) groups excluding carboxylic acids is 1. The molecule has 4 nitrogen and oxygen atoms in total. The molecule has 0 aliphatic heterocycles. The van der Waals surface area contributed by atoms with E-state index in [2.05, 4.69) is 0 Å². The van der Waals surface area contributed by atoms with E-state index < -0.39 is 20.5 Å². The molecule has 0 N–H and O–H groups in total. The zero-order valence-electron chi connectivity index (χ0n) is 8.87. The van der Waals surface area contributed by atoms with Crippen molar-refractivity contribution in [3.63, 3.8) is 0 Å². The number of hydrogen-bond donors (Lipinski definition) is 0. The van der Waals surface area contributed by atoms with Crippen molar-refractivity contribution in [2.75, 3.05) is 25.7 Å². The summed E-state index contributed by atoms with van der Waals surface area (Å²) in [6, 6.07) is 0. The number of nitrogens with zero attached hydrogens (tertiary/aromatic N) is 1. The van der Waals surface area contributed by atoms with Crippen LogP contribution in [-0.4, -0.2) is 49.7 Å². The zero-order chi connectivity index (χ0) is 11.6. The van der Waals surface area contributed by atoms with Crippen LogP contribution in [0.1, 0.15) is 13.8 Å². The Morgan fingerprint density at radius 3 is 2.14 bits per heavy atom. The standard InChI is InChI=1S/C8H16ClNO3S/c1-8(2,14(4,12)13)7(11)10(3)6-5-9/h5-6H2,1-4H3. The molecule has 6 heteroatoms. The first kappa shape index (κ1) is 13.7. The summed E-state index contributed by atoms with van der Waals surface area (Å²) in [6.07, 6.45) is 1.05. The highest BCUT2D eigenvalue weighted by Crippen LogP contribution is 2.17. The third-order valence-corrected chi connectivity index (χ3v) is 4.41. The van der Waals surface area contributed by atoms with Gasteiger partial charge in [-0.05, 0) is 13.8 Å². The van der Waals surface area contributed by atoms with Gasteiger partial charge in [0.2, 0.25) is 5.91 Å². The van der Waals surface area contributed by atoms with Crippen LogP contribution >= 0.6 is 11.6 Å². The largest absolute Gasteiger partial charge is 0.343 e. The molecule has 84 valence electrons. The van der Waals surface area contributed by atoms with Gasteiger partial charge in [0.25, 0.3) is 0 Å². The minimum Gasteiger partial charge on any atom is -0.343 e. The molecule has 0 saturated heterocycles. The Labute approximate surface area is 90.1 Å². The molecule has 0 aliphatic carbocycles. The molecule has 0 spiro atoms. The van der Waals surface area contributed by atoms with Gasteiger partial charge in [0, 0.05) is 25.7 Å². The van der Waals surface area contributed by atoms with Crippen molar-refractivity contribution in [3.05, 3.63) is 0 Å². The molecule has 1 amide bonds. The molecule has 14 heavy (non-hydrogen) atoms. The van der Waals surface area contributed by atoms with Crippen LogP contribution in [0.15, 0.2) is 0 Å². The average Bonchev–Trinajstić information content (AvgIpc) is 2.01. The lowest BCUT2D eigenvalue weighted by atomic mass is 10.2. The Morgan fingerprint density at radius 2 is 1.86 bits per heavy atom. The first-order valence-electron chi connectivity index (χ1n) is 4.15. The third kappa shape index (κ3) is 2.85. The van der Waals surface area contributed by atoms with Crippen LogP contribution in [0.2, 0.25) is 0 Å². The monoisotopic (exact) mass is 241 g/mol. The molecule has 0 radical (unpaired) electrons. The van der Waals surface area contributed by atoms with E-state index in [1.165, 1.54) is 25.8 Å². The molecule has 0 heterocycles. The second-order valence-electron chi connectivity index (χ2n) is 3.70. The van der Waals surface area contributed by atoms with Gasteiger partial charge >= 0.3 is 0 Å². The summed E-state index contributed by atoms with van der Waals surface area (Å²) in [5.41, 5.74) is 0. The lowest BCUT2D eigenvalue weighted by Gasteiger charge is -2.27. The third-order valence-electron chi connectivity index (χ3n) is 2.21. The Bertz CT molecular complexity index is 311. The number of rotatable bonds is 4. The molecule has 0 aliphatic rings. The highest BCUT2D eigenvalue weighted by atomic mass is 35.5. The molecule has 0 saturated carbocycles. The van der Waals surface area contributed by atoms with Crippen LogP contribution in [0.5, 0.6) is 0 Å². The average molecular weight is 242 g/mol. The second kappa shape index (κ2) is 4.49. The summed E-state index contributed by atoms with van der Waals surface area (Å²) in [7, 11) is -1.86. The summed E-state index contributed by atoms with van der Waals surface area (Å²) >= 11 is 5.46. The summed E-state index contributed by atoms with van der Waals surface area (Å²) < 4.78 is 21.3. The Hall–Kier alpha value is -0.290. The van der Waals surface area contributed by atoms with E-state index in [0.717, 1.165) is 6.26 Å². The van der Waals surface area contributed by atoms with Gasteiger partial charge in [0.15, 0.2) is 9.84 Å². The number of carbonyl (C=O) groups is 1. The maximum atomic E-state index is 11.7. The van der Waals surface area contributed by atoms with E-state index in [1.807, 2.05) is 0 Å². The number of hydrogen-bond acceptors (Lipinski definition) is 3. The van der Waals surface area contributed by atoms with Gasteiger partial charge in [0.05, 0.1) is 0 Å². The minimum atomic E-state index is -3.40. The molecule has 0 fully saturated rings. The van der Waals surface area contributed by atoms with E-state index in [4.69, 9.17) is 11.6 Å². The van der Waals surface area contributed by atoms with Crippen molar-refractivity contribution >= 4 is 27.3 Å². The van der Waals surface area contributed by atoms with Gasteiger partial charge in [-0.1, -0.05) is 0 Å². The molecule has 0 aromatic rings. The molecule has 0 atom stereocenters. The fraction of sp³-hybridized carbons (Fsp3) is 0.875. The van der Waals surface area contributed by atoms with Crippen LogP contribution in [0.4, 0.5) is 0 Å². The van der Waals surface area contributed by atoms with Gasteiger partial charge in [-0.25, -0.2) is 8.42 Å². The lowest BCUT2D eigenvalue weighted by Crippen LogP contribution is -2.48. The summed E-state index contributed by atoms with van der Waals surface area (Å²) in [5.74, 6) is -0.136. The van der Waals surface area contributed by atoms with E-state index in [-0.39, 0.29) is 0 Å². The van der Waals surface area contributed by atoms with Crippen LogP contribution in [-0.2, 0) is 14.6 Å². The maximum Gasteiger partial charge on any atom is 0.243 e. The summed E-state index contributed by atoms with van der Waals surface area (Å²) in [4.78, 5) is 13.0. The highest BCUT2D eigenvalue weighted by Gasteiger charge is 2.40. The predicted molar refractivity (Wildman–Crippen MR) is 57.3 cm³/mol. The van der Waals surface area contributed by atoms with E-state index in [9.17, 15) is 13.2 Å². The van der Waals surface area contributed by atoms with Crippen molar-refractivity contribution < 1.29 is 13.2 Å². The second-order valence-corrected chi connectivity index (χ2v) is 6.64. The normalized spacial score (nSPS) is 12.6.